The number of benzene rings is 4. The Bertz CT molecular complexity index is 1160. The second-order valence-electron chi connectivity index (χ2n) is 9.20. The van der Waals surface area contributed by atoms with Crippen LogP contribution in [-0.4, -0.2) is 11.2 Å². The number of aliphatic hydroxyl groups excluding tert-OH is 1. The minimum absolute atomic E-state index is 0. The molecular weight excluding hydrogens is 669 g/mol. The number of hydrogen-bond acceptors (Lipinski definition) is 1. The summed E-state index contributed by atoms with van der Waals surface area (Å²) in [5.41, 5.74) is 2.67. The topological polar surface area (TPSA) is 20.2 Å². The summed E-state index contributed by atoms with van der Waals surface area (Å²) in [5, 5.41) is 15.5. The Hall–Kier alpha value is -1.16. The van der Waals surface area contributed by atoms with E-state index in [4.69, 9.17) is 0 Å². The van der Waals surface area contributed by atoms with Crippen molar-refractivity contribution in [1.82, 2.24) is 0 Å². The predicted octanol–water partition coefficient (Wildman–Crippen LogP) is 6.71. The van der Waals surface area contributed by atoms with Crippen molar-refractivity contribution < 1.29 is 41.7 Å². The van der Waals surface area contributed by atoms with E-state index in [2.05, 4.69) is 141 Å². The Morgan fingerprint density at radius 3 is 1.22 bits per heavy atom. The molecule has 2 aliphatic carbocycles. The van der Waals surface area contributed by atoms with Crippen molar-refractivity contribution in [3.63, 3.8) is 0 Å². The summed E-state index contributed by atoms with van der Waals surface area (Å²) in [6.45, 7) is 1.84. The van der Waals surface area contributed by atoms with Crippen molar-refractivity contribution >= 4 is 37.1 Å². The van der Waals surface area contributed by atoms with Gasteiger partial charge in [-0.05, 0) is 88.9 Å². The minimum Gasteiger partial charge on any atom is -0.393 e. The first-order valence-corrected chi connectivity index (χ1v) is 15.9. The van der Waals surface area contributed by atoms with Crippen LogP contribution in [-0.2, 0) is 36.5 Å². The molecule has 0 aliphatic heterocycles. The first-order chi connectivity index (χ1) is 19.2. The number of rotatable bonds is 7. The first kappa shape index (κ1) is 34.3. The Labute approximate surface area is 273 Å². The van der Waals surface area contributed by atoms with Gasteiger partial charge in [-0.1, -0.05) is 121 Å². The van der Waals surface area contributed by atoms with Crippen LogP contribution in [0.2, 0.25) is 0 Å². The van der Waals surface area contributed by atoms with Crippen LogP contribution in [0.5, 0.6) is 0 Å². The largest absolute Gasteiger partial charge is 0.393 e. The minimum atomic E-state index is -0.622. The van der Waals surface area contributed by atoms with E-state index in [9.17, 15) is 5.11 Å². The molecule has 0 aromatic heterocycles. The van der Waals surface area contributed by atoms with Crippen LogP contribution < -0.4 is 21.2 Å². The van der Waals surface area contributed by atoms with Gasteiger partial charge in [0, 0.05) is 53.8 Å². The van der Waals surface area contributed by atoms with Crippen molar-refractivity contribution in [3.8, 4) is 0 Å². The Kier molecular flexibility index (Phi) is 14.9. The number of aliphatic hydroxyl groups is 1. The fraction of sp³-hybridized carbons (Fsp3) is 0.0556. The maximum absolute atomic E-state index is 10.0. The molecule has 11 radical (unpaired) electrons. The monoisotopic (exact) mass is 701 g/mol. The van der Waals surface area contributed by atoms with Gasteiger partial charge in [0.1, 0.15) is 0 Å². The van der Waals surface area contributed by atoms with Gasteiger partial charge in [0.2, 0.25) is 0 Å². The molecule has 6 rings (SSSR count). The van der Waals surface area contributed by atoms with Gasteiger partial charge in [-0.3, -0.25) is 0 Å². The summed E-state index contributed by atoms with van der Waals surface area (Å²) in [5.74, 6) is 1.04. The van der Waals surface area contributed by atoms with Crippen molar-refractivity contribution in [3.05, 3.63) is 184 Å². The summed E-state index contributed by atoms with van der Waals surface area (Å²) in [6.07, 6.45) is 14.5. The van der Waals surface area contributed by atoms with Gasteiger partial charge in [0.15, 0.2) is 0 Å². The van der Waals surface area contributed by atoms with Gasteiger partial charge in [-0.15, -0.1) is 0 Å². The van der Waals surface area contributed by atoms with E-state index in [1.807, 2.05) is 31.9 Å². The Morgan fingerprint density at radius 2 is 0.854 bits per heavy atom. The SMILES string of the molecule is C[C@@H](O)[C]1[CH][CH][CH][C]1P(c1ccccc1)c1ccccc1.[CH]1[CH][CH][C](P(c2ccccc2)c2ccccc2)[CH]1.[Fe].[Rh]. The van der Waals surface area contributed by atoms with Crippen LogP contribution >= 0.6 is 15.8 Å². The molecule has 0 bridgehead atoms. The average Bonchev–Trinajstić information content (AvgIpc) is 3.70. The van der Waals surface area contributed by atoms with Gasteiger partial charge in [0.25, 0.3) is 0 Å². The van der Waals surface area contributed by atoms with E-state index in [0.717, 1.165) is 5.92 Å². The summed E-state index contributed by atoms with van der Waals surface area (Å²) >= 11 is 0. The average molecular weight is 701 g/mol. The fourth-order valence-corrected chi connectivity index (χ4v) is 9.53. The molecule has 209 valence electrons. The zero-order chi connectivity index (χ0) is 26.9. The van der Waals surface area contributed by atoms with E-state index >= 15 is 0 Å². The maximum atomic E-state index is 10.0. The van der Waals surface area contributed by atoms with E-state index in [1.165, 1.54) is 32.5 Å². The maximum Gasteiger partial charge on any atom is 0.0587 e. The molecule has 0 saturated heterocycles. The quantitative estimate of drug-likeness (QED) is 0.168. The molecule has 4 aromatic rings. The molecular formula is C36H32FeOP2Rh. The molecule has 0 amide bonds. The molecule has 1 nitrogen and oxygen atoms in total. The molecule has 1 N–H and O–H groups in total. The van der Waals surface area contributed by atoms with Gasteiger partial charge < -0.3 is 5.11 Å². The predicted molar refractivity (Wildman–Crippen MR) is 170 cm³/mol. The van der Waals surface area contributed by atoms with Crippen LogP contribution in [0.25, 0.3) is 0 Å². The first-order valence-electron chi connectivity index (χ1n) is 13.2. The molecule has 4 aromatic carbocycles. The van der Waals surface area contributed by atoms with E-state index in [0.29, 0.717) is 0 Å². The van der Waals surface area contributed by atoms with Gasteiger partial charge >= 0.3 is 0 Å². The zero-order valence-corrected chi connectivity index (χ0v) is 27.2. The van der Waals surface area contributed by atoms with E-state index in [1.54, 1.807) is 0 Å². The van der Waals surface area contributed by atoms with Crippen LogP contribution in [0.3, 0.4) is 0 Å². The Balaban J connectivity index is 0.000000217. The van der Waals surface area contributed by atoms with Crippen LogP contribution in [0.4, 0.5) is 0 Å². The normalized spacial score (nSPS) is 16.5. The summed E-state index contributed by atoms with van der Waals surface area (Å²) in [7, 11) is -1.03. The third kappa shape index (κ3) is 9.17. The van der Waals surface area contributed by atoms with E-state index < -0.39 is 21.9 Å². The Morgan fingerprint density at radius 1 is 0.488 bits per heavy atom. The molecule has 0 heterocycles. The molecule has 0 unspecified atom stereocenters. The third-order valence-corrected chi connectivity index (χ3v) is 11.4. The van der Waals surface area contributed by atoms with Crippen LogP contribution in [0.1, 0.15) is 6.92 Å². The third-order valence-electron chi connectivity index (χ3n) is 6.48. The molecule has 2 saturated carbocycles. The molecule has 5 heteroatoms. The standard InChI is InChI=1S/C19H18OP.C17H14P.Fe.Rh/c1-15(20)18-13-8-14-19(18)21(16-9-4-2-5-10-16)17-11-6-3-7-12-17;1-3-9-15(10-4-1)18(17-13-7-8-14-17)16-11-5-2-6-12-16;;/h2-15,20H,1H3;1-14H;;/t15-;;;/m1.../s1. The van der Waals surface area contributed by atoms with Gasteiger partial charge in [-0.25, -0.2) is 0 Å². The number of hydrogen-bond donors (Lipinski definition) is 1. The smallest absolute Gasteiger partial charge is 0.0587 e. The van der Waals surface area contributed by atoms with Crippen molar-refractivity contribution in [2.24, 2.45) is 0 Å². The van der Waals surface area contributed by atoms with Crippen molar-refractivity contribution in [2.75, 3.05) is 0 Å². The van der Waals surface area contributed by atoms with Crippen molar-refractivity contribution in [1.29, 1.82) is 0 Å². The molecule has 41 heavy (non-hydrogen) atoms. The van der Waals surface area contributed by atoms with Gasteiger partial charge in [-0.2, -0.15) is 0 Å². The molecule has 2 aliphatic rings. The summed E-state index contributed by atoms with van der Waals surface area (Å²) in [6, 6.07) is 42.7. The summed E-state index contributed by atoms with van der Waals surface area (Å²) < 4.78 is 0. The zero-order valence-electron chi connectivity index (χ0n) is 22.7. The van der Waals surface area contributed by atoms with Gasteiger partial charge in [0.05, 0.1) is 6.10 Å². The second-order valence-corrected chi connectivity index (χ2v) is 13.6. The fourth-order valence-electron chi connectivity index (χ4n) is 4.68. The van der Waals surface area contributed by atoms with Crippen LogP contribution in [0.15, 0.2) is 121 Å². The van der Waals surface area contributed by atoms with E-state index in [-0.39, 0.29) is 36.5 Å². The molecule has 2 fully saturated rings. The summed E-state index contributed by atoms with van der Waals surface area (Å²) in [4.78, 5) is 0. The van der Waals surface area contributed by atoms with Crippen molar-refractivity contribution in [2.45, 2.75) is 13.0 Å². The molecule has 1 atom stereocenters. The second kappa shape index (κ2) is 17.8. The molecule has 0 spiro atoms. The van der Waals surface area contributed by atoms with Crippen LogP contribution in [0, 0.1) is 62.2 Å².